The van der Waals surface area contributed by atoms with Gasteiger partial charge in [0.05, 0.1) is 0 Å². The molecule has 1 nitrogen and oxygen atoms in total. The Kier molecular flexibility index (Phi) is 3.83. The topological polar surface area (TPSA) is 12.0 Å². The maximum Gasteiger partial charge on any atom is 0.248 e. The van der Waals surface area contributed by atoms with Crippen molar-refractivity contribution in [3.63, 3.8) is 0 Å². The van der Waals surface area contributed by atoms with Crippen LogP contribution in [0.3, 0.4) is 0 Å². The van der Waals surface area contributed by atoms with E-state index in [0.717, 1.165) is 5.92 Å². The fourth-order valence-corrected chi connectivity index (χ4v) is 3.59. The molecule has 2 aliphatic carbocycles. The van der Waals surface area contributed by atoms with Crippen LogP contribution in [-0.2, 0) is 0 Å². The van der Waals surface area contributed by atoms with Crippen molar-refractivity contribution in [2.75, 3.05) is 7.05 Å². The highest BCUT2D eigenvalue weighted by molar-refractivity contribution is 4.89. The molecule has 3 heteroatoms. The molecule has 0 saturated heterocycles. The molecule has 2 aliphatic rings. The fourth-order valence-electron chi connectivity index (χ4n) is 3.59. The van der Waals surface area contributed by atoms with Crippen LogP contribution in [0, 0.1) is 11.8 Å². The zero-order chi connectivity index (χ0) is 11.6. The molecule has 2 rings (SSSR count). The van der Waals surface area contributed by atoms with E-state index in [4.69, 9.17) is 0 Å². The second-order valence-electron chi connectivity index (χ2n) is 5.55. The number of nitrogens with one attached hydrogen (secondary N) is 1. The summed E-state index contributed by atoms with van der Waals surface area (Å²) in [5.74, 6) is -1.17. The van der Waals surface area contributed by atoms with Crippen LogP contribution < -0.4 is 5.32 Å². The molecule has 0 aromatic rings. The van der Waals surface area contributed by atoms with Gasteiger partial charge in [-0.05, 0) is 44.6 Å². The number of hydrogen-bond donors (Lipinski definition) is 1. The summed E-state index contributed by atoms with van der Waals surface area (Å²) in [4.78, 5) is 0. The van der Waals surface area contributed by atoms with E-state index < -0.39 is 5.92 Å². The van der Waals surface area contributed by atoms with Crippen LogP contribution in [0.2, 0.25) is 0 Å². The first-order chi connectivity index (χ1) is 7.62. The van der Waals surface area contributed by atoms with Gasteiger partial charge in [-0.25, -0.2) is 8.78 Å². The maximum atomic E-state index is 13.1. The quantitative estimate of drug-likeness (QED) is 0.782. The molecule has 2 saturated carbocycles. The molecule has 1 atom stereocenters. The van der Waals surface area contributed by atoms with E-state index >= 15 is 0 Å². The smallest absolute Gasteiger partial charge is 0.248 e. The van der Waals surface area contributed by atoms with Gasteiger partial charge in [0.15, 0.2) is 0 Å². The Morgan fingerprint density at radius 3 is 2.00 bits per heavy atom. The van der Waals surface area contributed by atoms with Crippen molar-refractivity contribution in [1.29, 1.82) is 0 Å². The van der Waals surface area contributed by atoms with E-state index in [-0.39, 0.29) is 12.8 Å². The lowest BCUT2D eigenvalue weighted by atomic mass is 9.77. The van der Waals surface area contributed by atoms with Crippen LogP contribution in [0.1, 0.15) is 51.4 Å². The van der Waals surface area contributed by atoms with Crippen molar-refractivity contribution in [2.45, 2.75) is 63.3 Å². The molecule has 0 bridgehead atoms. The van der Waals surface area contributed by atoms with Crippen molar-refractivity contribution < 1.29 is 8.78 Å². The van der Waals surface area contributed by atoms with Crippen LogP contribution >= 0.6 is 0 Å². The maximum absolute atomic E-state index is 13.1. The summed E-state index contributed by atoms with van der Waals surface area (Å²) in [6.45, 7) is 0. The first kappa shape index (κ1) is 12.3. The molecular weight excluding hydrogens is 208 g/mol. The highest BCUT2D eigenvalue weighted by Crippen LogP contribution is 2.41. The van der Waals surface area contributed by atoms with Gasteiger partial charge in [0.2, 0.25) is 5.92 Å². The average Bonchev–Trinajstić information content (AvgIpc) is 2.75. The predicted octanol–water partition coefficient (Wildman–Crippen LogP) is 3.59. The third-order valence-electron chi connectivity index (χ3n) is 4.51. The minimum absolute atomic E-state index is 0.0998. The van der Waals surface area contributed by atoms with E-state index in [1.165, 1.54) is 25.7 Å². The second kappa shape index (κ2) is 4.99. The van der Waals surface area contributed by atoms with Crippen LogP contribution in [0.5, 0.6) is 0 Å². The van der Waals surface area contributed by atoms with Gasteiger partial charge < -0.3 is 5.32 Å². The molecule has 0 aromatic carbocycles. The Labute approximate surface area is 97.0 Å². The molecule has 0 aromatic heterocycles. The molecule has 1 N–H and O–H groups in total. The zero-order valence-corrected chi connectivity index (χ0v) is 10.1. The van der Waals surface area contributed by atoms with Crippen LogP contribution in [-0.4, -0.2) is 19.0 Å². The third kappa shape index (κ3) is 2.73. The number of alkyl halides is 2. The van der Waals surface area contributed by atoms with Crippen LogP contribution in [0.15, 0.2) is 0 Å². The van der Waals surface area contributed by atoms with Crippen LogP contribution in [0.25, 0.3) is 0 Å². The van der Waals surface area contributed by atoms with Gasteiger partial charge in [-0.15, -0.1) is 0 Å². The summed E-state index contributed by atoms with van der Waals surface area (Å²) < 4.78 is 26.2. The molecule has 1 unspecified atom stereocenters. The number of rotatable bonds is 3. The van der Waals surface area contributed by atoms with E-state index in [1.807, 2.05) is 7.05 Å². The van der Waals surface area contributed by atoms with E-state index in [0.29, 0.717) is 24.8 Å². The van der Waals surface area contributed by atoms with Gasteiger partial charge in [-0.3, -0.25) is 0 Å². The summed E-state index contributed by atoms with van der Waals surface area (Å²) in [5.41, 5.74) is 0. The lowest BCUT2D eigenvalue weighted by Gasteiger charge is -2.36. The van der Waals surface area contributed by atoms with E-state index in [9.17, 15) is 8.78 Å². The molecule has 0 aliphatic heterocycles. The van der Waals surface area contributed by atoms with E-state index in [1.54, 1.807) is 0 Å². The summed E-state index contributed by atoms with van der Waals surface area (Å²) in [6.07, 6.45) is 6.84. The van der Waals surface area contributed by atoms with Crippen molar-refractivity contribution >= 4 is 0 Å². The lowest BCUT2D eigenvalue weighted by molar-refractivity contribution is -0.0516. The molecule has 2 fully saturated rings. The summed E-state index contributed by atoms with van der Waals surface area (Å²) in [5, 5.41) is 3.40. The molecule has 16 heavy (non-hydrogen) atoms. The van der Waals surface area contributed by atoms with Gasteiger partial charge in [0.25, 0.3) is 0 Å². The van der Waals surface area contributed by atoms with Gasteiger partial charge in [0.1, 0.15) is 0 Å². The molecule has 0 heterocycles. The minimum atomic E-state index is -2.38. The Balaban J connectivity index is 1.90. The summed E-state index contributed by atoms with van der Waals surface area (Å²) in [6, 6.07) is 0.485. The normalized spacial score (nSPS) is 29.4. The summed E-state index contributed by atoms with van der Waals surface area (Å²) >= 11 is 0. The number of halogens is 2. The predicted molar refractivity (Wildman–Crippen MR) is 61.7 cm³/mol. The number of hydrogen-bond acceptors (Lipinski definition) is 1. The molecule has 0 amide bonds. The standard InChI is InChI=1S/C13H23F2N/c1-16-12(10-4-2-3-5-10)11-6-8-13(14,15)9-7-11/h10-12,16H,2-9H2,1H3. The van der Waals surface area contributed by atoms with Crippen molar-refractivity contribution in [2.24, 2.45) is 11.8 Å². The Bertz CT molecular complexity index is 214. The average molecular weight is 231 g/mol. The second-order valence-corrected chi connectivity index (χ2v) is 5.55. The van der Waals surface area contributed by atoms with Gasteiger partial charge >= 0.3 is 0 Å². The fraction of sp³-hybridized carbons (Fsp3) is 1.00. The van der Waals surface area contributed by atoms with Crippen molar-refractivity contribution in [3.05, 3.63) is 0 Å². The van der Waals surface area contributed by atoms with Crippen molar-refractivity contribution in [1.82, 2.24) is 5.32 Å². The van der Waals surface area contributed by atoms with Gasteiger partial charge in [0, 0.05) is 18.9 Å². The Morgan fingerprint density at radius 2 is 1.50 bits per heavy atom. The monoisotopic (exact) mass is 231 g/mol. The van der Waals surface area contributed by atoms with Gasteiger partial charge in [-0.1, -0.05) is 12.8 Å². The molecule has 94 valence electrons. The Hall–Kier alpha value is -0.180. The first-order valence-electron chi connectivity index (χ1n) is 6.67. The summed E-state index contributed by atoms with van der Waals surface area (Å²) in [7, 11) is 2.00. The zero-order valence-electron chi connectivity index (χ0n) is 10.1. The van der Waals surface area contributed by atoms with Gasteiger partial charge in [-0.2, -0.15) is 0 Å². The minimum Gasteiger partial charge on any atom is -0.316 e. The van der Waals surface area contributed by atoms with Crippen LogP contribution in [0.4, 0.5) is 8.78 Å². The highest BCUT2D eigenvalue weighted by Gasteiger charge is 2.39. The SMILES string of the molecule is CNC(C1CCCC1)C1CCC(F)(F)CC1. The molecular formula is C13H23F2N. The molecule has 0 radical (unpaired) electrons. The lowest BCUT2D eigenvalue weighted by Crippen LogP contribution is -2.42. The largest absolute Gasteiger partial charge is 0.316 e. The van der Waals surface area contributed by atoms with Crippen molar-refractivity contribution in [3.8, 4) is 0 Å². The Morgan fingerprint density at radius 1 is 1.00 bits per heavy atom. The third-order valence-corrected chi connectivity index (χ3v) is 4.51. The highest BCUT2D eigenvalue weighted by atomic mass is 19.3. The molecule has 0 spiro atoms. The van der Waals surface area contributed by atoms with E-state index in [2.05, 4.69) is 5.32 Å². The first-order valence-corrected chi connectivity index (χ1v) is 6.67.